The fraction of sp³-hybridized carbons (Fsp3) is 0.571. The van der Waals surface area contributed by atoms with Crippen molar-refractivity contribution in [1.82, 2.24) is 0 Å². The second-order valence-electron chi connectivity index (χ2n) is 5.63. The summed E-state index contributed by atoms with van der Waals surface area (Å²) >= 11 is 0. The molecule has 1 aromatic rings. The molecule has 0 unspecified atom stereocenters. The molecule has 1 aliphatic heterocycles. The number of hydrogen-bond acceptors (Lipinski definition) is 2. The van der Waals surface area contributed by atoms with E-state index in [0.717, 1.165) is 30.8 Å². The van der Waals surface area contributed by atoms with Crippen molar-refractivity contribution in [3.05, 3.63) is 29.6 Å². The van der Waals surface area contributed by atoms with Crippen molar-refractivity contribution < 1.29 is 4.39 Å². The Kier molecular flexibility index (Phi) is 3.38. The van der Waals surface area contributed by atoms with Crippen molar-refractivity contribution >= 4 is 5.69 Å². The molecule has 2 rings (SSSR count). The van der Waals surface area contributed by atoms with Crippen molar-refractivity contribution in [2.45, 2.75) is 38.6 Å². The molecule has 2 nitrogen and oxygen atoms in total. The molecular formula is C14H21FN2. The zero-order chi connectivity index (χ0) is 12.5. The van der Waals surface area contributed by atoms with Crippen LogP contribution in [0.3, 0.4) is 0 Å². The summed E-state index contributed by atoms with van der Waals surface area (Å²) in [6, 6.07) is 5.05. The molecule has 0 spiro atoms. The molecule has 0 aromatic heterocycles. The summed E-state index contributed by atoms with van der Waals surface area (Å²) in [6.45, 7) is 6.07. The Morgan fingerprint density at radius 1 is 1.29 bits per heavy atom. The minimum absolute atomic E-state index is 0.162. The minimum atomic E-state index is -0.258. The number of halogens is 1. The van der Waals surface area contributed by atoms with E-state index < -0.39 is 0 Å². The SMILES string of the molecule is CC(C)(N)Cc1ccc(F)cc1N1CCCC1. The third-order valence-corrected chi connectivity index (χ3v) is 3.14. The maximum atomic E-state index is 13.4. The van der Waals surface area contributed by atoms with Crippen LogP contribution in [0.5, 0.6) is 0 Å². The topological polar surface area (TPSA) is 29.3 Å². The number of nitrogens with zero attached hydrogens (tertiary/aromatic N) is 1. The van der Waals surface area contributed by atoms with Crippen LogP contribution in [0.1, 0.15) is 32.3 Å². The van der Waals surface area contributed by atoms with Gasteiger partial charge in [0.05, 0.1) is 0 Å². The molecule has 0 radical (unpaired) electrons. The van der Waals surface area contributed by atoms with E-state index in [1.165, 1.54) is 18.9 Å². The Hall–Kier alpha value is -1.09. The number of nitrogens with two attached hydrogens (primary N) is 1. The van der Waals surface area contributed by atoms with Crippen LogP contribution in [-0.2, 0) is 6.42 Å². The van der Waals surface area contributed by atoms with Crippen molar-refractivity contribution in [3.63, 3.8) is 0 Å². The van der Waals surface area contributed by atoms with E-state index in [0.29, 0.717) is 0 Å². The summed E-state index contributed by atoms with van der Waals surface area (Å²) < 4.78 is 13.4. The first-order valence-electron chi connectivity index (χ1n) is 6.28. The van der Waals surface area contributed by atoms with Gasteiger partial charge < -0.3 is 10.6 Å². The Bertz CT molecular complexity index is 390. The summed E-state index contributed by atoms with van der Waals surface area (Å²) in [5, 5.41) is 0. The lowest BCUT2D eigenvalue weighted by Gasteiger charge is -2.25. The normalized spacial score (nSPS) is 16.6. The molecule has 0 atom stereocenters. The lowest BCUT2D eigenvalue weighted by atomic mass is 9.94. The highest BCUT2D eigenvalue weighted by atomic mass is 19.1. The molecule has 1 aliphatic rings. The standard InChI is InChI=1S/C14H21FN2/c1-14(2,16)10-11-5-6-12(15)9-13(11)17-7-3-4-8-17/h5-6,9H,3-4,7-8,10,16H2,1-2H3. The van der Waals surface area contributed by atoms with Crippen LogP contribution >= 0.6 is 0 Å². The molecule has 0 saturated carbocycles. The van der Waals surface area contributed by atoms with Gasteiger partial charge in [0.2, 0.25) is 0 Å². The summed E-state index contributed by atoms with van der Waals surface area (Å²) in [7, 11) is 0. The van der Waals surface area contributed by atoms with Crippen LogP contribution in [0.2, 0.25) is 0 Å². The lowest BCUT2D eigenvalue weighted by Crippen LogP contribution is -2.35. The smallest absolute Gasteiger partial charge is 0.125 e. The van der Waals surface area contributed by atoms with E-state index in [-0.39, 0.29) is 11.4 Å². The molecule has 0 bridgehead atoms. The van der Waals surface area contributed by atoms with E-state index in [4.69, 9.17) is 5.73 Å². The molecule has 1 saturated heterocycles. The van der Waals surface area contributed by atoms with Crippen molar-refractivity contribution in [2.24, 2.45) is 5.73 Å². The molecule has 0 aliphatic carbocycles. The molecule has 3 heteroatoms. The zero-order valence-corrected chi connectivity index (χ0v) is 10.7. The molecule has 1 fully saturated rings. The van der Waals surface area contributed by atoms with Crippen LogP contribution in [0.15, 0.2) is 18.2 Å². The van der Waals surface area contributed by atoms with Gasteiger partial charge in [-0.15, -0.1) is 0 Å². The van der Waals surface area contributed by atoms with Crippen LogP contribution in [0.4, 0.5) is 10.1 Å². The van der Waals surface area contributed by atoms with Crippen molar-refractivity contribution in [3.8, 4) is 0 Å². The number of rotatable bonds is 3. The van der Waals surface area contributed by atoms with Gasteiger partial charge in [-0.3, -0.25) is 0 Å². The average molecular weight is 236 g/mol. The third-order valence-electron chi connectivity index (χ3n) is 3.14. The third kappa shape index (κ3) is 3.19. The Labute approximate surface area is 103 Å². The largest absolute Gasteiger partial charge is 0.371 e. The predicted molar refractivity (Wildman–Crippen MR) is 69.8 cm³/mol. The highest BCUT2D eigenvalue weighted by Crippen LogP contribution is 2.27. The van der Waals surface area contributed by atoms with Crippen LogP contribution in [0, 0.1) is 5.82 Å². The Morgan fingerprint density at radius 3 is 2.53 bits per heavy atom. The second kappa shape index (κ2) is 4.65. The van der Waals surface area contributed by atoms with Gasteiger partial charge in [0.1, 0.15) is 5.82 Å². The van der Waals surface area contributed by atoms with Gasteiger partial charge in [-0.05, 0) is 50.8 Å². The molecule has 1 heterocycles. The summed E-state index contributed by atoms with van der Waals surface area (Å²) in [6.07, 6.45) is 3.17. The van der Waals surface area contributed by atoms with E-state index >= 15 is 0 Å². The van der Waals surface area contributed by atoms with Gasteiger partial charge in [-0.2, -0.15) is 0 Å². The van der Waals surface area contributed by atoms with Gasteiger partial charge >= 0.3 is 0 Å². The maximum absolute atomic E-state index is 13.4. The molecule has 2 N–H and O–H groups in total. The van der Waals surface area contributed by atoms with Crippen molar-refractivity contribution in [2.75, 3.05) is 18.0 Å². The highest BCUT2D eigenvalue weighted by molar-refractivity contribution is 5.55. The van der Waals surface area contributed by atoms with Gasteiger partial charge in [-0.25, -0.2) is 4.39 Å². The minimum Gasteiger partial charge on any atom is -0.371 e. The summed E-state index contributed by atoms with van der Waals surface area (Å²) in [4.78, 5) is 2.27. The molecular weight excluding hydrogens is 215 g/mol. The first kappa shape index (κ1) is 12.4. The van der Waals surface area contributed by atoms with E-state index in [1.54, 1.807) is 6.07 Å². The fourth-order valence-corrected chi connectivity index (χ4v) is 2.43. The van der Waals surface area contributed by atoms with Gasteiger partial charge in [0, 0.05) is 24.3 Å². The molecule has 1 aromatic carbocycles. The monoisotopic (exact) mass is 236 g/mol. The van der Waals surface area contributed by atoms with Crippen LogP contribution in [0.25, 0.3) is 0 Å². The average Bonchev–Trinajstić information content (AvgIpc) is 2.71. The Morgan fingerprint density at radius 2 is 1.94 bits per heavy atom. The maximum Gasteiger partial charge on any atom is 0.125 e. The first-order valence-corrected chi connectivity index (χ1v) is 6.28. The zero-order valence-electron chi connectivity index (χ0n) is 10.7. The van der Waals surface area contributed by atoms with Gasteiger partial charge in [0.15, 0.2) is 0 Å². The lowest BCUT2D eigenvalue weighted by molar-refractivity contribution is 0.515. The number of hydrogen-bond donors (Lipinski definition) is 1. The Balaban J connectivity index is 2.30. The first-order chi connectivity index (χ1) is 7.96. The fourth-order valence-electron chi connectivity index (χ4n) is 2.43. The quantitative estimate of drug-likeness (QED) is 0.874. The molecule has 0 amide bonds. The predicted octanol–water partition coefficient (Wildman–Crippen LogP) is 2.71. The van der Waals surface area contributed by atoms with E-state index in [9.17, 15) is 4.39 Å². The van der Waals surface area contributed by atoms with Crippen LogP contribution < -0.4 is 10.6 Å². The summed E-state index contributed by atoms with van der Waals surface area (Å²) in [5.74, 6) is -0.162. The molecule has 17 heavy (non-hydrogen) atoms. The second-order valence-corrected chi connectivity index (χ2v) is 5.63. The van der Waals surface area contributed by atoms with E-state index in [1.807, 2.05) is 19.9 Å². The van der Waals surface area contributed by atoms with E-state index in [2.05, 4.69) is 4.90 Å². The number of benzene rings is 1. The number of anilines is 1. The van der Waals surface area contributed by atoms with Crippen LogP contribution in [-0.4, -0.2) is 18.6 Å². The highest BCUT2D eigenvalue weighted by Gasteiger charge is 2.20. The van der Waals surface area contributed by atoms with Gasteiger partial charge in [-0.1, -0.05) is 6.07 Å². The van der Waals surface area contributed by atoms with Crippen molar-refractivity contribution in [1.29, 1.82) is 0 Å². The van der Waals surface area contributed by atoms with Gasteiger partial charge in [0.25, 0.3) is 0 Å². The summed E-state index contributed by atoms with van der Waals surface area (Å²) in [5.41, 5.74) is 7.99. The molecule has 94 valence electrons.